The van der Waals surface area contributed by atoms with Crippen molar-refractivity contribution >= 4 is 0 Å². The summed E-state index contributed by atoms with van der Waals surface area (Å²) in [4.78, 5) is 0. The molecule has 2 aliphatic rings. The molecule has 2 saturated carbocycles. The lowest BCUT2D eigenvalue weighted by molar-refractivity contribution is 0.475. The standard InChI is InChI=1S/C26H42/c1-21-22(2)24(12-8-6-10-16-26(4)19-20-26)14-13-23(21)11-7-5-9-15-25(3)17-18-25/h13-14H,5-12,15-20H2,1-4H3. The van der Waals surface area contributed by atoms with Gasteiger partial charge in [-0.2, -0.15) is 0 Å². The fraction of sp³-hybridized carbons (Fsp3) is 0.769. The van der Waals surface area contributed by atoms with E-state index >= 15 is 0 Å². The summed E-state index contributed by atoms with van der Waals surface area (Å²) in [5.41, 5.74) is 7.83. The summed E-state index contributed by atoms with van der Waals surface area (Å²) in [5, 5.41) is 0. The molecular formula is C26H42. The fourth-order valence-electron chi connectivity index (χ4n) is 4.49. The smallest absolute Gasteiger partial charge is 0.0276 e. The van der Waals surface area contributed by atoms with Crippen molar-refractivity contribution in [2.45, 2.75) is 118 Å². The van der Waals surface area contributed by atoms with E-state index in [9.17, 15) is 0 Å². The Kier molecular flexibility index (Phi) is 6.52. The third-order valence-corrected chi connectivity index (χ3v) is 7.67. The molecule has 0 saturated heterocycles. The molecule has 1 aromatic rings. The molecule has 1 aromatic carbocycles. The second-order valence-corrected chi connectivity index (χ2v) is 10.4. The highest BCUT2D eigenvalue weighted by molar-refractivity contribution is 5.39. The molecule has 2 aliphatic carbocycles. The number of benzene rings is 1. The Labute approximate surface area is 163 Å². The van der Waals surface area contributed by atoms with Crippen LogP contribution in [0.15, 0.2) is 12.1 Å². The Morgan fingerprint density at radius 2 is 1.00 bits per heavy atom. The van der Waals surface area contributed by atoms with Crippen LogP contribution in [0.25, 0.3) is 0 Å². The molecule has 0 heterocycles. The van der Waals surface area contributed by atoms with Crippen LogP contribution >= 0.6 is 0 Å². The first-order valence-electron chi connectivity index (χ1n) is 11.5. The van der Waals surface area contributed by atoms with Crippen molar-refractivity contribution in [3.8, 4) is 0 Å². The van der Waals surface area contributed by atoms with Crippen LogP contribution in [0, 0.1) is 24.7 Å². The summed E-state index contributed by atoms with van der Waals surface area (Å²) in [6.45, 7) is 9.64. The Morgan fingerprint density at radius 1 is 0.615 bits per heavy atom. The molecule has 0 atom stereocenters. The van der Waals surface area contributed by atoms with Gasteiger partial charge in [0.05, 0.1) is 0 Å². The van der Waals surface area contributed by atoms with E-state index in [0.29, 0.717) is 0 Å². The van der Waals surface area contributed by atoms with Gasteiger partial charge in [-0.1, -0.05) is 51.7 Å². The van der Waals surface area contributed by atoms with Gasteiger partial charge >= 0.3 is 0 Å². The SMILES string of the molecule is Cc1c(CCCCCC2(C)CC2)ccc(CCCCCC2(C)CC2)c1C. The Bertz CT molecular complexity index is 533. The van der Waals surface area contributed by atoms with E-state index in [1.54, 1.807) is 22.3 Å². The van der Waals surface area contributed by atoms with E-state index in [1.807, 2.05) is 0 Å². The van der Waals surface area contributed by atoms with E-state index in [1.165, 1.54) is 89.9 Å². The molecule has 0 unspecified atom stereocenters. The van der Waals surface area contributed by atoms with E-state index in [0.717, 1.165) is 10.8 Å². The first kappa shape index (κ1) is 20.0. The van der Waals surface area contributed by atoms with Crippen molar-refractivity contribution in [2.75, 3.05) is 0 Å². The molecule has 3 rings (SSSR count). The van der Waals surface area contributed by atoms with Crippen LogP contribution in [0.3, 0.4) is 0 Å². The van der Waals surface area contributed by atoms with Crippen molar-refractivity contribution in [3.63, 3.8) is 0 Å². The average molecular weight is 355 g/mol. The molecule has 0 aliphatic heterocycles. The first-order valence-corrected chi connectivity index (χ1v) is 11.5. The van der Waals surface area contributed by atoms with Crippen molar-refractivity contribution in [1.29, 1.82) is 0 Å². The fourth-order valence-corrected chi connectivity index (χ4v) is 4.49. The quantitative estimate of drug-likeness (QED) is 0.332. The zero-order valence-corrected chi connectivity index (χ0v) is 18.1. The Hall–Kier alpha value is -0.780. The lowest BCUT2D eigenvalue weighted by atomic mass is 9.91. The van der Waals surface area contributed by atoms with Crippen molar-refractivity contribution < 1.29 is 0 Å². The van der Waals surface area contributed by atoms with Gasteiger partial charge in [0.25, 0.3) is 0 Å². The molecule has 0 radical (unpaired) electrons. The van der Waals surface area contributed by atoms with Crippen LogP contribution in [0.4, 0.5) is 0 Å². The molecule has 0 bridgehead atoms. The van der Waals surface area contributed by atoms with Crippen LogP contribution in [0.5, 0.6) is 0 Å². The van der Waals surface area contributed by atoms with E-state index in [4.69, 9.17) is 0 Å². The van der Waals surface area contributed by atoms with Crippen LogP contribution in [0.2, 0.25) is 0 Å². The zero-order chi connectivity index (χ0) is 18.6. The maximum atomic E-state index is 2.46. The molecular weight excluding hydrogens is 312 g/mol. The van der Waals surface area contributed by atoms with Gasteiger partial charge in [0, 0.05) is 0 Å². The second-order valence-electron chi connectivity index (χ2n) is 10.4. The van der Waals surface area contributed by atoms with Crippen molar-refractivity contribution in [3.05, 3.63) is 34.4 Å². The summed E-state index contributed by atoms with van der Waals surface area (Å²) < 4.78 is 0. The van der Waals surface area contributed by atoms with E-state index in [-0.39, 0.29) is 0 Å². The first-order chi connectivity index (χ1) is 12.4. The highest BCUT2D eigenvalue weighted by atomic mass is 14.4. The van der Waals surface area contributed by atoms with Gasteiger partial charge < -0.3 is 0 Å². The van der Waals surface area contributed by atoms with Gasteiger partial charge in [-0.25, -0.2) is 0 Å². The van der Waals surface area contributed by atoms with Gasteiger partial charge in [-0.05, 0) is 111 Å². The normalized spacial score (nSPS) is 19.5. The zero-order valence-electron chi connectivity index (χ0n) is 18.1. The largest absolute Gasteiger partial charge is 0.0596 e. The predicted molar refractivity (Wildman–Crippen MR) is 115 cm³/mol. The number of rotatable bonds is 12. The Morgan fingerprint density at radius 3 is 1.35 bits per heavy atom. The van der Waals surface area contributed by atoms with Gasteiger partial charge in [-0.15, -0.1) is 0 Å². The van der Waals surface area contributed by atoms with Crippen LogP contribution in [0.1, 0.15) is 113 Å². The summed E-state index contributed by atoms with van der Waals surface area (Å²) in [7, 11) is 0. The third kappa shape index (κ3) is 5.86. The molecule has 26 heavy (non-hydrogen) atoms. The maximum Gasteiger partial charge on any atom is -0.0276 e. The predicted octanol–water partition coefficient (Wildman–Crippen LogP) is 8.11. The van der Waals surface area contributed by atoms with Crippen LogP contribution in [-0.2, 0) is 12.8 Å². The molecule has 0 heteroatoms. The van der Waals surface area contributed by atoms with Crippen LogP contribution in [-0.4, -0.2) is 0 Å². The lowest BCUT2D eigenvalue weighted by Crippen LogP contribution is -1.99. The topological polar surface area (TPSA) is 0 Å². The van der Waals surface area contributed by atoms with Gasteiger partial charge in [0.15, 0.2) is 0 Å². The Balaban J connectivity index is 1.36. The molecule has 0 aromatic heterocycles. The molecule has 0 N–H and O–H groups in total. The van der Waals surface area contributed by atoms with Gasteiger partial charge in [-0.3, -0.25) is 0 Å². The molecule has 0 spiro atoms. The highest BCUT2D eigenvalue weighted by Gasteiger charge is 2.36. The summed E-state index contributed by atoms with van der Waals surface area (Å²) in [5.74, 6) is 0. The number of unbranched alkanes of at least 4 members (excludes halogenated alkanes) is 4. The third-order valence-electron chi connectivity index (χ3n) is 7.67. The number of hydrogen-bond donors (Lipinski definition) is 0. The van der Waals surface area contributed by atoms with Crippen molar-refractivity contribution in [1.82, 2.24) is 0 Å². The number of aryl methyl sites for hydroxylation is 2. The minimum absolute atomic E-state index is 0.741. The van der Waals surface area contributed by atoms with E-state index < -0.39 is 0 Å². The highest BCUT2D eigenvalue weighted by Crippen LogP contribution is 2.49. The summed E-state index contributed by atoms with van der Waals surface area (Å²) >= 11 is 0. The maximum absolute atomic E-state index is 2.46. The van der Waals surface area contributed by atoms with Crippen LogP contribution < -0.4 is 0 Å². The molecule has 146 valence electrons. The minimum Gasteiger partial charge on any atom is -0.0596 e. The summed E-state index contributed by atoms with van der Waals surface area (Å²) in [6, 6.07) is 4.87. The summed E-state index contributed by atoms with van der Waals surface area (Å²) in [6.07, 6.45) is 19.8. The average Bonchev–Trinajstić information content (AvgIpc) is 3.52. The molecule has 2 fully saturated rings. The molecule has 0 nitrogen and oxygen atoms in total. The number of hydrogen-bond acceptors (Lipinski definition) is 0. The molecule has 0 amide bonds. The lowest BCUT2D eigenvalue weighted by Gasteiger charge is -2.14. The van der Waals surface area contributed by atoms with Gasteiger partial charge in [0.1, 0.15) is 0 Å². The second kappa shape index (κ2) is 8.49. The van der Waals surface area contributed by atoms with Gasteiger partial charge in [0.2, 0.25) is 0 Å². The van der Waals surface area contributed by atoms with E-state index in [2.05, 4.69) is 39.8 Å². The minimum atomic E-state index is 0.741. The monoisotopic (exact) mass is 354 g/mol. The van der Waals surface area contributed by atoms with Crippen molar-refractivity contribution in [2.24, 2.45) is 10.8 Å².